The van der Waals surface area contributed by atoms with E-state index in [0.717, 1.165) is 43.4 Å². The first-order valence-corrected chi connectivity index (χ1v) is 10.8. The molecule has 1 atom stereocenters. The minimum absolute atomic E-state index is 0.0881. The maximum atomic E-state index is 14.1. The molecule has 2 aromatic carbocycles. The summed E-state index contributed by atoms with van der Waals surface area (Å²) in [5.41, 5.74) is 0.999. The van der Waals surface area contributed by atoms with Crippen molar-refractivity contribution in [2.24, 2.45) is 0 Å². The molecule has 0 radical (unpaired) electrons. The number of anilines is 1. The summed E-state index contributed by atoms with van der Waals surface area (Å²) >= 11 is 6.04. The maximum absolute atomic E-state index is 14.1. The molecule has 3 aromatic rings. The van der Waals surface area contributed by atoms with Gasteiger partial charge in [0.1, 0.15) is 17.3 Å². The van der Waals surface area contributed by atoms with Crippen molar-refractivity contribution < 1.29 is 18.3 Å². The smallest absolute Gasteiger partial charge is 0.255 e. The van der Waals surface area contributed by atoms with Crippen LogP contribution in [0.5, 0.6) is 5.75 Å². The summed E-state index contributed by atoms with van der Waals surface area (Å²) in [6.07, 6.45) is 1.62. The number of furan rings is 1. The second-order valence-corrected chi connectivity index (χ2v) is 7.97. The third-order valence-electron chi connectivity index (χ3n) is 5.71. The Bertz CT molecular complexity index is 1010. The number of hydrogen-bond acceptors (Lipinski definition) is 5. The molecule has 0 saturated carbocycles. The van der Waals surface area contributed by atoms with Gasteiger partial charge in [0.2, 0.25) is 0 Å². The molecule has 1 aromatic heterocycles. The highest BCUT2D eigenvalue weighted by molar-refractivity contribution is 6.33. The molecular weight excluding hydrogens is 433 g/mol. The molecule has 1 N–H and O–H groups in total. The van der Waals surface area contributed by atoms with Crippen molar-refractivity contribution in [1.82, 2.24) is 10.2 Å². The summed E-state index contributed by atoms with van der Waals surface area (Å²) in [4.78, 5) is 17.2. The van der Waals surface area contributed by atoms with E-state index in [-0.39, 0.29) is 23.2 Å². The van der Waals surface area contributed by atoms with Crippen molar-refractivity contribution in [2.45, 2.75) is 6.04 Å². The molecule has 4 rings (SSSR count). The Balaban J connectivity index is 1.42. The number of carbonyl (C=O) groups excluding carboxylic acids is 1. The Morgan fingerprint density at radius 3 is 2.50 bits per heavy atom. The number of piperazine rings is 1. The van der Waals surface area contributed by atoms with E-state index in [4.69, 9.17) is 20.8 Å². The molecular formula is C24H25ClFN3O3. The van der Waals surface area contributed by atoms with Crippen LogP contribution in [0.2, 0.25) is 5.02 Å². The first-order chi connectivity index (χ1) is 15.6. The van der Waals surface area contributed by atoms with Crippen LogP contribution in [0, 0.1) is 5.82 Å². The number of nitrogens with zero attached hydrogens (tertiary/aromatic N) is 2. The van der Waals surface area contributed by atoms with Gasteiger partial charge in [-0.25, -0.2) is 4.39 Å². The van der Waals surface area contributed by atoms with Gasteiger partial charge in [-0.15, -0.1) is 0 Å². The lowest BCUT2D eigenvalue weighted by atomic mass is 10.1. The fourth-order valence-electron chi connectivity index (χ4n) is 3.97. The Morgan fingerprint density at radius 1 is 1.12 bits per heavy atom. The standard InChI is InChI=1S/C24H25ClFN3O3/c1-31-18-9-7-17(8-10-18)28-11-13-29(14-12-28)21(22-6-3-15-32-22)16-27-24(30)23-19(25)4-2-5-20(23)26/h2-10,15,21H,11-14,16H2,1H3,(H,27,30). The van der Waals surface area contributed by atoms with E-state index >= 15 is 0 Å². The second-order valence-electron chi connectivity index (χ2n) is 7.56. The van der Waals surface area contributed by atoms with Gasteiger partial charge in [-0.1, -0.05) is 17.7 Å². The SMILES string of the molecule is COc1ccc(N2CCN(C(CNC(=O)c3c(F)cccc3Cl)c3ccco3)CC2)cc1. The van der Waals surface area contributed by atoms with E-state index in [1.807, 2.05) is 24.3 Å². The van der Waals surface area contributed by atoms with E-state index in [2.05, 4.69) is 27.2 Å². The zero-order valence-electron chi connectivity index (χ0n) is 17.8. The summed E-state index contributed by atoms with van der Waals surface area (Å²) in [6, 6.07) is 15.8. The van der Waals surface area contributed by atoms with Crippen LogP contribution in [-0.2, 0) is 0 Å². The zero-order chi connectivity index (χ0) is 22.5. The zero-order valence-corrected chi connectivity index (χ0v) is 18.5. The van der Waals surface area contributed by atoms with Crippen LogP contribution in [0.15, 0.2) is 65.3 Å². The van der Waals surface area contributed by atoms with Gasteiger partial charge in [-0.05, 0) is 48.5 Å². The van der Waals surface area contributed by atoms with Gasteiger partial charge in [0.25, 0.3) is 5.91 Å². The molecule has 0 spiro atoms. The van der Waals surface area contributed by atoms with Crippen LogP contribution in [0.1, 0.15) is 22.2 Å². The summed E-state index contributed by atoms with van der Waals surface area (Å²) in [5, 5.41) is 2.92. The molecule has 168 valence electrons. The Labute approximate surface area is 191 Å². The summed E-state index contributed by atoms with van der Waals surface area (Å²) in [6.45, 7) is 3.51. The van der Waals surface area contributed by atoms with Gasteiger partial charge in [-0.2, -0.15) is 0 Å². The molecule has 1 saturated heterocycles. The number of hydrogen-bond donors (Lipinski definition) is 1. The average molecular weight is 458 g/mol. The van der Waals surface area contributed by atoms with Crippen LogP contribution in [-0.4, -0.2) is 50.6 Å². The van der Waals surface area contributed by atoms with Crippen molar-refractivity contribution in [2.75, 3.05) is 44.7 Å². The first kappa shape index (κ1) is 22.2. The Morgan fingerprint density at radius 2 is 1.88 bits per heavy atom. The quantitative estimate of drug-likeness (QED) is 0.570. The van der Waals surface area contributed by atoms with E-state index < -0.39 is 11.7 Å². The molecule has 1 unspecified atom stereocenters. The lowest BCUT2D eigenvalue weighted by molar-refractivity contribution is 0.0919. The number of amides is 1. The normalized spacial score (nSPS) is 15.4. The van der Waals surface area contributed by atoms with Crippen molar-refractivity contribution in [3.63, 3.8) is 0 Å². The molecule has 1 aliphatic rings. The fraction of sp³-hybridized carbons (Fsp3) is 0.292. The minimum atomic E-state index is -0.641. The lowest BCUT2D eigenvalue weighted by Crippen LogP contribution is -2.49. The van der Waals surface area contributed by atoms with E-state index in [1.54, 1.807) is 13.4 Å². The first-order valence-electron chi connectivity index (χ1n) is 10.5. The molecule has 0 aliphatic carbocycles. The predicted molar refractivity (Wildman–Crippen MR) is 122 cm³/mol. The van der Waals surface area contributed by atoms with Gasteiger partial charge in [0, 0.05) is 38.4 Å². The molecule has 32 heavy (non-hydrogen) atoms. The molecule has 6 nitrogen and oxygen atoms in total. The number of ether oxygens (including phenoxy) is 1. The van der Waals surface area contributed by atoms with E-state index in [9.17, 15) is 9.18 Å². The molecule has 0 bridgehead atoms. The summed E-state index contributed by atoms with van der Waals surface area (Å²) in [7, 11) is 1.65. The maximum Gasteiger partial charge on any atom is 0.255 e. The van der Waals surface area contributed by atoms with Crippen LogP contribution in [0.25, 0.3) is 0 Å². The van der Waals surface area contributed by atoms with E-state index in [1.165, 1.54) is 18.2 Å². The van der Waals surface area contributed by atoms with Crippen molar-refractivity contribution in [3.8, 4) is 5.75 Å². The van der Waals surface area contributed by atoms with Crippen LogP contribution in [0.4, 0.5) is 10.1 Å². The number of halogens is 2. The van der Waals surface area contributed by atoms with Crippen LogP contribution in [0.3, 0.4) is 0 Å². The van der Waals surface area contributed by atoms with Gasteiger partial charge >= 0.3 is 0 Å². The summed E-state index contributed by atoms with van der Waals surface area (Å²) in [5.74, 6) is 0.401. The topological polar surface area (TPSA) is 58.0 Å². The van der Waals surface area contributed by atoms with Crippen LogP contribution < -0.4 is 15.0 Å². The number of nitrogens with one attached hydrogen (secondary N) is 1. The number of rotatable bonds is 7. The third-order valence-corrected chi connectivity index (χ3v) is 6.02. The number of benzene rings is 2. The van der Waals surface area contributed by atoms with Gasteiger partial charge in [-0.3, -0.25) is 9.69 Å². The molecule has 1 fully saturated rings. The van der Waals surface area contributed by atoms with E-state index in [0.29, 0.717) is 0 Å². The molecule has 1 amide bonds. The van der Waals surface area contributed by atoms with Gasteiger partial charge in [0.05, 0.1) is 30.0 Å². The molecule has 8 heteroatoms. The largest absolute Gasteiger partial charge is 0.497 e. The van der Waals surface area contributed by atoms with Crippen molar-refractivity contribution in [3.05, 3.63) is 83.0 Å². The fourth-order valence-corrected chi connectivity index (χ4v) is 4.22. The highest BCUT2D eigenvalue weighted by atomic mass is 35.5. The van der Waals surface area contributed by atoms with Crippen molar-refractivity contribution in [1.29, 1.82) is 0 Å². The third kappa shape index (κ3) is 4.89. The minimum Gasteiger partial charge on any atom is -0.497 e. The summed E-state index contributed by atoms with van der Waals surface area (Å²) < 4.78 is 25.0. The Kier molecular flexibility index (Phi) is 6.97. The van der Waals surface area contributed by atoms with Gasteiger partial charge in [0.15, 0.2) is 0 Å². The molecule has 2 heterocycles. The lowest BCUT2D eigenvalue weighted by Gasteiger charge is -2.39. The monoisotopic (exact) mass is 457 g/mol. The number of carbonyl (C=O) groups is 1. The van der Waals surface area contributed by atoms with Gasteiger partial charge < -0.3 is 19.4 Å². The highest BCUT2D eigenvalue weighted by Crippen LogP contribution is 2.26. The second kappa shape index (κ2) is 10.1. The van der Waals surface area contributed by atoms with Crippen LogP contribution >= 0.6 is 11.6 Å². The predicted octanol–water partition coefficient (Wildman–Crippen LogP) is 4.37. The Hall–Kier alpha value is -3.03. The van der Waals surface area contributed by atoms with Crippen molar-refractivity contribution >= 4 is 23.2 Å². The average Bonchev–Trinajstić information content (AvgIpc) is 3.34. The number of methoxy groups -OCH3 is 1. The highest BCUT2D eigenvalue weighted by Gasteiger charge is 2.28. The molecule has 1 aliphatic heterocycles.